The van der Waals surface area contributed by atoms with Crippen molar-refractivity contribution in [2.75, 3.05) is 24.6 Å². The molecule has 0 amide bonds. The average molecular weight is 215 g/mol. The number of rotatable bonds is 1. The number of alkyl halides is 3. The molecule has 0 N–H and O–H groups in total. The van der Waals surface area contributed by atoms with Crippen LogP contribution in [-0.2, 0) is 9.63 Å². The third-order valence-electron chi connectivity index (χ3n) is 1.41. The third-order valence-corrected chi connectivity index (χ3v) is 2.36. The normalized spacial score (nSPS) is 19.9. The smallest absolute Gasteiger partial charge is 0.361 e. The van der Waals surface area contributed by atoms with Crippen LogP contribution in [0.3, 0.4) is 0 Å². The van der Waals surface area contributed by atoms with Gasteiger partial charge in [0.05, 0.1) is 0 Å². The zero-order valence-electron chi connectivity index (χ0n) is 6.63. The quantitative estimate of drug-likeness (QED) is 0.654. The van der Waals surface area contributed by atoms with Crippen molar-refractivity contribution in [2.24, 2.45) is 0 Å². The number of carbonyl (C=O) groups excluding carboxylic acids is 1. The van der Waals surface area contributed by atoms with Crippen molar-refractivity contribution >= 4 is 17.7 Å². The molecule has 7 heteroatoms. The van der Waals surface area contributed by atoms with E-state index in [-0.39, 0.29) is 0 Å². The van der Waals surface area contributed by atoms with Gasteiger partial charge in [-0.05, 0) is 0 Å². The van der Waals surface area contributed by atoms with E-state index in [1.165, 1.54) is 0 Å². The van der Waals surface area contributed by atoms with E-state index in [0.717, 1.165) is 5.06 Å². The number of halogens is 3. The van der Waals surface area contributed by atoms with Crippen molar-refractivity contribution in [2.45, 2.75) is 6.18 Å². The summed E-state index contributed by atoms with van der Waals surface area (Å²) in [5.74, 6) is -0.768. The van der Waals surface area contributed by atoms with Gasteiger partial charge in [-0.2, -0.15) is 24.9 Å². The molecule has 3 nitrogen and oxygen atoms in total. The molecule has 0 spiro atoms. The number of hydrogen-bond acceptors (Lipinski definition) is 4. The van der Waals surface area contributed by atoms with Crippen molar-refractivity contribution in [3.05, 3.63) is 0 Å². The minimum atomic E-state index is -4.90. The van der Waals surface area contributed by atoms with Gasteiger partial charge < -0.3 is 4.84 Å². The van der Waals surface area contributed by atoms with Gasteiger partial charge in [0.1, 0.15) is 0 Å². The van der Waals surface area contributed by atoms with Crippen molar-refractivity contribution in [3.8, 4) is 0 Å². The summed E-state index contributed by atoms with van der Waals surface area (Å²) in [5, 5.41) is 1.05. The van der Waals surface area contributed by atoms with Crippen LogP contribution in [0.4, 0.5) is 13.2 Å². The molecule has 1 aliphatic rings. The summed E-state index contributed by atoms with van der Waals surface area (Å²) < 4.78 is 35.1. The lowest BCUT2D eigenvalue weighted by atomic mass is 10.6. The maximum atomic E-state index is 11.7. The Kier molecular flexibility index (Phi) is 3.43. The zero-order chi connectivity index (χ0) is 9.90. The van der Waals surface area contributed by atoms with Crippen LogP contribution in [0, 0.1) is 0 Å². The highest BCUT2D eigenvalue weighted by molar-refractivity contribution is 7.99. The standard InChI is InChI=1S/C6H8F3NO2S/c7-6(8,9)5(11)12-10-1-3-13-4-2-10/h1-4H2. The lowest BCUT2D eigenvalue weighted by Gasteiger charge is -2.24. The molecule has 1 aliphatic heterocycles. The SMILES string of the molecule is O=C(ON1CCSCC1)C(F)(F)F. The first-order valence-corrected chi connectivity index (χ1v) is 4.77. The van der Waals surface area contributed by atoms with Crippen LogP contribution in [0.2, 0.25) is 0 Å². The second-order valence-corrected chi connectivity index (χ2v) is 3.64. The average Bonchev–Trinajstić information content (AvgIpc) is 2.04. The van der Waals surface area contributed by atoms with Gasteiger partial charge in [-0.1, -0.05) is 0 Å². The number of carbonyl (C=O) groups is 1. The van der Waals surface area contributed by atoms with E-state index < -0.39 is 12.1 Å². The highest BCUT2D eigenvalue weighted by Crippen LogP contribution is 2.18. The third kappa shape index (κ3) is 3.43. The Labute approximate surface area is 77.2 Å². The largest absolute Gasteiger partial charge is 0.492 e. The molecule has 1 fully saturated rings. The van der Waals surface area contributed by atoms with Gasteiger partial charge in [0.2, 0.25) is 0 Å². The molecule has 0 aromatic heterocycles. The van der Waals surface area contributed by atoms with Gasteiger partial charge in [0.15, 0.2) is 0 Å². The summed E-state index contributed by atoms with van der Waals surface area (Å²) in [7, 11) is 0. The predicted molar refractivity (Wildman–Crippen MR) is 41.0 cm³/mol. The van der Waals surface area contributed by atoms with E-state index in [9.17, 15) is 18.0 Å². The Balaban J connectivity index is 2.35. The molecular weight excluding hydrogens is 207 g/mol. The van der Waals surface area contributed by atoms with E-state index in [1.807, 2.05) is 0 Å². The first-order valence-electron chi connectivity index (χ1n) is 3.62. The summed E-state index contributed by atoms with van der Waals surface area (Å²) >= 11 is 1.62. The fourth-order valence-corrected chi connectivity index (χ4v) is 1.68. The summed E-state index contributed by atoms with van der Waals surface area (Å²) in [6.07, 6.45) is -4.90. The van der Waals surface area contributed by atoms with Crippen LogP contribution < -0.4 is 0 Å². The van der Waals surface area contributed by atoms with E-state index in [4.69, 9.17) is 0 Å². The Morgan fingerprint density at radius 2 is 1.85 bits per heavy atom. The van der Waals surface area contributed by atoms with Crippen molar-refractivity contribution in [1.82, 2.24) is 5.06 Å². The Bertz CT molecular complexity index is 191. The van der Waals surface area contributed by atoms with E-state index in [1.54, 1.807) is 11.8 Å². The number of nitrogens with zero attached hydrogens (tertiary/aromatic N) is 1. The molecule has 0 unspecified atom stereocenters. The Morgan fingerprint density at radius 3 is 2.31 bits per heavy atom. The minimum absolute atomic E-state index is 0.354. The lowest BCUT2D eigenvalue weighted by molar-refractivity contribution is -0.237. The Morgan fingerprint density at radius 1 is 1.31 bits per heavy atom. The highest BCUT2D eigenvalue weighted by atomic mass is 32.2. The first-order chi connectivity index (χ1) is 6.00. The van der Waals surface area contributed by atoms with Gasteiger partial charge in [-0.3, -0.25) is 0 Å². The summed E-state index contributed by atoms with van der Waals surface area (Å²) in [6, 6.07) is 0. The van der Waals surface area contributed by atoms with Gasteiger partial charge >= 0.3 is 12.1 Å². The number of hydroxylamine groups is 2. The van der Waals surface area contributed by atoms with Crippen molar-refractivity contribution < 1.29 is 22.8 Å². The topological polar surface area (TPSA) is 29.5 Å². The van der Waals surface area contributed by atoms with Crippen LogP contribution >= 0.6 is 11.8 Å². The van der Waals surface area contributed by atoms with Gasteiger partial charge in [-0.15, -0.1) is 5.06 Å². The molecule has 0 aliphatic carbocycles. The fourth-order valence-electron chi connectivity index (χ4n) is 0.807. The molecule has 0 saturated carbocycles. The second-order valence-electron chi connectivity index (χ2n) is 2.42. The summed E-state index contributed by atoms with van der Waals surface area (Å²) in [5.41, 5.74) is 0. The van der Waals surface area contributed by atoms with Crippen LogP contribution in [0.15, 0.2) is 0 Å². The molecule has 1 saturated heterocycles. The molecule has 0 bridgehead atoms. The highest BCUT2D eigenvalue weighted by Gasteiger charge is 2.42. The number of hydrogen-bond donors (Lipinski definition) is 0. The molecule has 13 heavy (non-hydrogen) atoms. The molecule has 1 rings (SSSR count). The van der Waals surface area contributed by atoms with Gasteiger partial charge in [0.25, 0.3) is 0 Å². The lowest BCUT2D eigenvalue weighted by Crippen LogP contribution is -2.39. The maximum absolute atomic E-state index is 11.7. The van der Waals surface area contributed by atoms with E-state index >= 15 is 0 Å². The summed E-state index contributed by atoms with van der Waals surface area (Å²) in [4.78, 5) is 14.4. The van der Waals surface area contributed by atoms with Gasteiger partial charge in [-0.25, -0.2) is 4.79 Å². The first kappa shape index (κ1) is 10.6. The maximum Gasteiger partial charge on any atom is 0.492 e. The second kappa shape index (κ2) is 4.19. The molecule has 1 heterocycles. The van der Waals surface area contributed by atoms with Crippen LogP contribution in [0.5, 0.6) is 0 Å². The van der Waals surface area contributed by atoms with Crippen molar-refractivity contribution in [3.63, 3.8) is 0 Å². The van der Waals surface area contributed by atoms with E-state index in [2.05, 4.69) is 4.84 Å². The molecule has 76 valence electrons. The van der Waals surface area contributed by atoms with Crippen LogP contribution in [-0.4, -0.2) is 41.8 Å². The van der Waals surface area contributed by atoms with Crippen LogP contribution in [0.1, 0.15) is 0 Å². The summed E-state index contributed by atoms with van der Waals surface area (Å²) in [6.45, 7) is 0.707. The fraction of sp³-hybridized carbons (Fsp3) is 0.833. The molecule has 0 aromatic rings. The molecular formula is C6H8F3NO2S. The minimum Gasteiger partial charge on any atom is -0.361 e. The zero-order valence-corrected chi connectivity index (χ0v) is 7.45. The van der Waals surface area contributed by atoms with E-state index in [0.29, 0.717) is 24.6 Å². The van der Waals surface area contributed by atoms with Crippen molar-refractivity contribution in [1.29, 1.82) is 0 Å². The molecule has 0 atom stereocenters. The van der Waals surface area contributed by atoms with Crippen LogP contribution in [0.25, 0.3) is 0 Å². The predicted octanol–water partition coefficient (Wildman–Crippen LogP) is 1.06. The number of thioether (sulfide) groups is 1. The molecule has 0 radical (unpaired) electrons. The van der Waals surface area contributed by atoms with Gasteiger partial charge in [0, 0.05) is 24.6 Å². The molecule has 0 aromatic carbocycles. The monoisotopic (exact) mass is 215 g/mol. The Hall–Kier alpha value is -0.430.